The summed E-state index contributed by atoms with van der Waals surface area (Å²) in [5.41, 5.74) is 1.70. The second-order valence-corrected chi connectivity index (χ2v) is 4.11. The van der Waals surface area contributed by atoms with Gasteiger partial charge in [-0.15, -0.1) is 0 Å². The lowest BCUT2D eigenvalue weighted by molar-refractivity contribution is 0.319. The second kappa shape index (κ2) is 6.43. The Bertz CT molecular complexity index is 630. The molecule has 0 aliphatic heterocycles. The van der Waals surface area contributed by atoms with Crippen LogP contribution in [-0.2, 0) is 0 Å². The van der Waals surface area contributed by atoms with Crippen molar-refractivity contribution in [3.05, 3.63) is 65.7 Å². The van der Waals surface area contributed by atoms with Gasteiger partial charge in [0.2, 0.25) is 0 Å². The van der Waals surface area contributed by atoms with E-state index in [1.54, 1.807) is 43.5 Å². The zero-order valence-electron chi connectivity index (χ0n) is 11.0. The Morgan fingerprint density at radius 3 is 2.40 bits per heavy atom. The summed E-state index contributed by atoms with van der Waals surface area (Å²) in [7, 11) is 1.61. The number of rotatable bonds is 4. The molecule has 0 amide bonds. The van der Waals surface area contributed by atoms with Gasteiger partial charge in [0.05, 0.1) is 7.11 Å². The van der Waals surface area contributed by atoms with Crippen molar-refractivity contribution in [1.29, 1.82) is 0 Å². The molecule has 2 aromatic rings. The molecule has 0 bridgehead atoms. The van der Waals surface area contributed by atoms with E-state index < -0.39 is 0 Å². The van der Waals surface area contributed by atoms with Crippen LogP contribution in [0.2, 0.25) is 0 Å². The predicted octanol–water partition coefficient (Wildman–Crippen LogP) is 3.29. The first-order valence-corrected chi connectivity index (χ1v) is 6.07. The highest BCUT2D eigenvalue weighted by molar-refractivity contribution is 6.12. The SMILES string of the molecule is COc1ccc(C=CC(=NO)c2ccccc2O)cc1. The molecule has 0 atom stereocenters. The van der Waals surface area contributed by atoms with Gasteiger partial charge in [-0.1, -0.05) is 35.5 Å². The minimum absolute atomic E-state index is 0.0691. The number of aromatic hydroxyl groups is 1. The minimum Gasteiger partial charge on any atom is -0.507 e. The molecule has 2 N–H and O–H groups in total. The van der Waals surface area contributed by atoms with Crippen LogP contribution < -0.4 is 4.74 Å². The van der Waals surface area contributed by atoms with Gasteiger partial charge < -0.3 is 15.1 Å². The molecule has 4 heteroatoms. The topological polar surface area (TPSA) is 62.0 Å². The van der Waals surface area contributed by atoms with E-state index in [1.807, 2.05) is 24.3 Å². The predicted molar refractivity (Wildman–Crippen MR) is 78.5 cm³/mol. The number of nitrogens with zero attached hydrogens (tertiary/aromatic N) is 1. The average Bonchev–Trinajstić information content (AvgIpc) is 2.50. The molecule has 0 fully saturated rings. The Hall–Kier alpha value is -2.75. The molecule has 0 saturated carbocycles. The van der Waals surface area contributed by atoms with Crippen LogP contribution >= 0.6 is 0 Å². The van der Waals surface area contributed by atoms with E-state index >= 15 is 0 Å². The molecule has 0 heterocycles. The molecule has 0 spiro atoms. The van der Waals surface area contributed by atoms with Crippen molar-refractivity contribution in [3.63, 3.8) is 0 Å². The van der Waals surface area contributed by atoms with Gasteiger partial charge in [-0.3, -0.25) is 0 Å². The number of phenolic OH excluding ortho intramolecular Hbond substituents is 1. The van der Waals surface area contributed by atoms with E-state index in [4.69, 9.17) is 9.94 Å². The summed E-state index contributed by atoms with van der Waals surface area (Å²) in [5.74, 6) is 0.846. The first kappa shape index (κ1) is 13.7. The number of methoxy groups -OCH3 is 1. The number of oxime groups is 1. The number of hydrogen-bond acceptors (Lipinski definition) is 4. The summed E-state index contributed by atoms with van der Waals surface area (Å²) in [6.45, 7) is 0. The number of phenols is 1. The first-order chi connectivity index (χ1) is 9.74. The molecule has 0 aliphatic carbocycles. The molecule has 0 aliphatic rings. The Kier molecular flexibility index (Phi) is 4.39. The number of allylic oxidation sites excluding steroid dienone is 1. The minimum atomic E-state index is 0.0691. The van der Waals surface area contributed by atoms with E-state index in [-0.39, 0.29) is 5.75 Å². The third-order valence-corrected chi connectivity index (χ3v) is 2.84. The van der Waals surface area contributed by atoms with Crippen LogP contribution in [0.15, 0.2) is 59.8 Å². The van der Waals surface area contributed by atoms with Crippen molar-refractivity contribution < 1.29 is 15.1 Å². The molecular formula is C16H15NO3. The summed E-state index contributed by atoms with van der Waals surface area (Å²) in [4.78, 5) is 0. The Morgan fingerprint density at radius 1 is 1.10 bits per heavy atom. The number of para-hydroxylation sites is 1. The zero-order valence-corrected chi connectivity index (χ0v) is 11.0. The molecule has 2 rings (SSSR count). The smallest absolute Gasteiger partial charge is 0.125 e. The highest BCUT2D eigenvalue weighted by Crippen LogP contribution is 2.18. The number of benzene rings is 2. The Labute approximate surface area is 117 Å². The Morgan fingerprint density at radius 2 is 1.80 bits per heavy atom. The van der Waals surface area contributed by atoms with E-state index in [9.17, 15) is 5.11 Å². The van der Waals surface area contributed by atoms with Crippen LogP contribution in [0.25, 0.3) is 6.08 Å². The number of ether oxygens (including phenoxy) is 1. The largest absolute Gasteiger partial charge is 0.507 e. The van der Waals surface area contributed by atoms with Gasteiger partial charge in [0.1, 0.15) is 17.2 Å². The van der Waals surface area contributed by atoms with Gasteiger partial charge in [-0.05, 0) is 35.9 Å². The number of hydrogen-bond donors (Lipinski definition) is 2. The van der Waals surface area contributed by atoms with Crippen molar-refractivity contribution in [2.75, 3.05) is 7.11 Å². The molecule has 102 valence electrons. The molecule has 2 aromatic carbocycles. The molecule has 0 unspecified atom stereocenters. The van der Waals surface area contributed by atoms with E-state index in [2.05, 4.69) is 5.16 Å². The lowest BCUT2D eigenvalue weighted by Crippen LogP contribution is -1.96. The van der Waals surface area contributed by atoms with Crippen molar-refractivity contribution in [2.45, 2.75) is 0 Å². The maximum atomic E-state index is 9.74. The standard InChI is InChI=1S/C16H15NO3/c1-20-13-9-6-12(7-10-13)8-11-15(17-19)14-4-2-3-5-16(14)18/h2-11,18-19H,1H3. The van der Waals surface area contributed by atoms with E-state index in [0.717, 1.165) is 11.3 Å². The highest BCUT2D eigenvalue weighted by Gasteiger charge is 2.05. The maximum Gasteiger partial charge on any atom is 0.125 e. The van der Waals surface area contributed by atoms with Crippen LogP contribution in [0, 0.1) is 0 Å². The van der Waals surface area contributed by atoms with Crippen molar-refractivity contribution in [2.24, 2.45) is 5.16 Å². The van der Waals surface area contributed by atoms with Crippen LogP contribution in [0.5, 0.6) is 11.5 Å². The third kappa shape index (κ3) is 3.17. The molecule has 0 saturated heterocycles. The van der Waals surface area contributed by atoms with E-state index in [1.165, 1.54) is 0 Å². The molecule has 4 nitrogen and oxygen atoms in total. The van der Waals surface area contributed by atoms with Gasteiger partial charge in [0, 0.05) is 5.56 Å². The normalized spacial score (nSPS) is 11.8. The molecular weight excluding hydrogens is 254 g/mol. The lowest BCUT2D eigenvalue weighted by atomic mass is 10.1. The van der Waals surface area contributed by atoms with Gasteiger partial charge in [0.25, 0.3) is 0 Å². The molecule has 0 radical (unpaired) electrons. The summed E-state index contributed by atoms with van der Waals surface area (Å²) < 4.78 is 5.08. The van der Waals surface area contributed by atoms with Gasteiger partial charge in [0.15, 0.2) is 0 Å². The van der Waals surface area contributed by atoms with E-state index in [0.29, 0.717) is 11.3 Å². The van der Waals surface area contributed by atoms with Crippen molar-refractivity contribution in [3.8, 4) is 11.5 Å². The highest BCUT2D eigenvalue weighted by atomic mass is 16.5. The summed E-state index contributed by atoms with van der Waals surface area (Å²) in [5, 5.41) is 22.0. The van der Waals surface area contributed by atoms with Crippen LogP contribution in [0.3, 0.4) is 0 Å². The molecule has 20 heavy (non-hydrogen) atoms. The fourth-order valence-corrected chi connectivity index (χ4v) is 1.76. The first-order valence-electron chi connectivity index (χ1n) is 6.07. The summed E-state index contributed by atoms with van der Waals surface area (Å²) >= 11 is 0. The van der Waals surface area contributed by atoms with Crippen molar-refractivity contribution >= 4 is 11.8 Å². The van der Waals surface area contributed by atoms with Gasteiger partial charge in [-0.25, -0.2) is 0 Å². The van der Waals surface area contributed by atoms with Crippen LogP contribution in [0.4, 0.5) is 0 Å². The average molecular weight is 269 g/mol. The Balaban J connectivity index is 2.22. The fourth-order valence-electron chi connectivity index (χ4n) is 1.76. The van der Waals surface area contributed by atoms with Crippen LogP contribution in [-0.4, -0.2) is 23.1 Å². The molecule has 0 aromatic heterocycles. The summed E-state index contributed by atoms with van der Waals surface area (Å²) in [6, 6.07) is 14.2. The quantitative estimate of drug-likeness (QED) is 0.508. The fraction of sp³-hybridized carbons (Fsp3) is 0.0625. The third-order valence-electron chi connectivity index (χ3n) is 2.84. The lowest BCUT2D eigenvalue weighted by Gasteiger charge is -2.02. The zero-order chi connectivity index (χ0) is 14.4. The monoisotopic (exact) mass is 269 g/mol. The second-order valence-electron chi connectivity index (χ2n) is 4.11. The van der Waals surface area contributed by atoms with Crippen molar-refractivity contribution in [1.82, 2.24) is 0 Å². The van der Waals surface area contributed by atoms with Crippen LogP contribution in [0.1, 0.15) is 11.1 Å². The van der Waals surface area contributed by atoms with Gasteiger partial charge >= 0.3 is 0 Å². The van der Waals surface area contributed by atoms with Gasteiger partial charge in [-0.2, -0.15) is 0 Å². The summed E-state index contributed by atoms with van der Waals surface area (Å²) in [6.07, 6.45) is 3.43. The maximum absolute atomic E-state index is 9.74.